The first-order chi connectivity index (χ1) is 7.26. The summed E-state index contributed by atoms with van der Waals surface area (Å²) in [7, 11) is 2.25. The van der Waals surface area contributed by atoms with Crippen molar-refractivity contribution in [2.45, 2.75) is 32.2 Å². The third-order valence-electron chi connectivity index (χ3n) is 3.91. The van der Waals surface area contributed by atoms with Crippen molar-refractivity contribution < 1.29 is 4.74 Å². The number of nitrogens with zero attached hydrogens (tertiary/aromatic N) is 1. The van der Waals surface area contributed by atoms with Crippen molar-refractivity contribution in [1.82, 2.24) is 10.2 Å². The Labute approximate surface area is 93.2 Å². The van der Waals surface area contributed by atoms with Crippen LogP contribution in [-0.4, -0.2) is 50.8 Å². The molecule has 1 N–H and O–H groups in total. The van der Waals surface area contributed by atoms with Crippen molar-refractivity contribution in [2.24, 2.45) is 5.41 Å². The van der Waals surface area contributed by atoms with Crippen molar-refractivity contribution >= 4 is 0 Å². The maximum absolute atomic E-state index is 5.43. The monoisotopic (exact) mass is 212 g/mol. The van der Waals surface area contributed by atoms with Crippen LogP contribution in [0.5, 0.6) is 0 Å². The van der Waals surface area contributed by atoms with E-state index < -0.39 is 0 Å². The molecule has 2 rings (SSSR count). The first-order valence-corrected chi connectivity index (χ1v) is 6.24. The summed E-state index contributed by atoms with van der Waals surface area (Å²) in [6.45, 7) is 7.75. The van der Waals surface area contributed by atoms with E-state index in [0.29, 0.717) is 11.5 Å². The Kier molecular flexibility index (Phi) is 3.65. The average Bonchev–Trinajstić information content (AvgIpc) is 2.18. The zero-order valence-electron chi connectivity index (χ0n) is 10.1. The molecule has 0 amide bonds. The molecule has 0 aromatic heterocycles. The van der Waals surface area contributed by atoms with Gasteiger partial charge in [0.1, 0.15) is 0 Å². The lowest BCUT2D eigenvalue weighted by atomic mass is 9.75. The van der Waals surface area contributed by atoms with E-state index >= 15 is 0 Å². The average molecular weight is 212 g/mol. The van der Waals surface area contributed by atoms with E-state index in [1.165, 1.54) is 25.8 Å². The zero-order chi connectivity index (χ0) is 10.7. The molecule has 2 aliphatic rings. The Balaban J connectivity index is 1.87. The first kappa shape index (κ1) is 11.4. The van der Waals surface area contributed by atoms with E-state index in [9.17, 15) is 0 Å². The molecule has 88 valence electrons. The lowest BCUT2D eigenvalue weighted by molar-refractivity contribution is -0.131. The molecule has 0 saturated carbocycles. The summed E-state index contributed by atoms with van der Waals surface area (Å²) in [5, 5.41) is 3.50. The minimum atomic E-state index is 0.507. The predicted molar refractivity (Wildman–Crippen MR) is 62.1 cm³/mol. The van der Waals surface area contributed by atoms with Crippen molar-refractivity contribution in [2.75, 3.05) is 39.9 Å². The summed E-state index contributed by atoms with van der Waals surface area (Å²) in [5.41, 5.74) is 0.507. The van der Waals surface area contributed by atoms with Crippen molar-refractivity contribution in [3.63, 3.8) is 0 Å². The van der Waals surface area contributed by atoms with Gasteiger partial charge in [-0.25, -0.2) is 0 Å². The SMILES string of the molecule is CCCC1(CC2CNCCN2C)COC1. The Hall–Kier alpha value is -0.120. The standard InChI is InChI=1S/C12H24N2O/c1-3-4-12(9-15-10-12)7-11-8-13-5-6-14(11)2/h11,13H,3-10H2,1-2H3. The number of rotatable bonds is 4. The third kappa shape index (κ3) is 2.52. The molecule has 0 aliphatic carbocycles. The van der Waals surface area contributed by atoms with Gasteiger partial charge >= 0.3 is 0 Å². The third-order valence-corrected chi connectivity index (χ3v) is 3.91. The Morgan fingerprint density at radius 1 is 1.47 bits per heavy atom. The molecule has 0 bridgehead atoms. The summed E-state index contributed by atoms with van der Waals surface area (Å²) >= 11 is 0. The molecule has 15 heavy (non-hydrogen) atoms. The summed E-state index contributed by atoms with van der Waals surface area (Å²) in [5.74, 6) is 0. The second-order valence-corrected chi connectivity index (χ2v) is 5.29. The van der Waals surface area contributed by atoms with Crippen LogP contribution in [0.2, 0.25) is 0 Å². The van der Waals surface area contributed by atoms with Crippen LogP contribution in [0.25, 0.3) is 0 Å². The summed E-state index contributed by atoms with van der Waals surface area (Å²) in [4.78, 5) is 2.51. The fourth-order valence-corrected chi connectivity index (χ4v) is 2.88. The molecule has 2 saturated heterocycles. The molecule has 2 heterocycles. The highest BCUT2D eigenvalue weighted by molar-refractivity contribution is 4.91. The van der Waals surface area contributed by atoms with Crippen LogP contribution < -0.4 is 5.32 Å². The maximum atomic E-state index is 5.43. The molecular formula is C12H24N2O. The number of piperazine rings is 1. The molecule has 2 aliphatic heterocycles. The van der Waals surface area contributed by atoms with Gasteiger partial charge in [0.25, 0.3) is 0 Å². The number of nitrogens with one attached hydrogen (secondary N) is 1. The van der Waals surface area contributed by atoms with Gasteiger partial charge in [0.2, 0.25) is 0 Å². The summed E-state index contributed by atoms with van der Waals surface area (Å²) in [6.07, 6.45) is 3.93. The number of likely N-dealkylation sites (N-methyl/N-ethyl adjacent to an activating group) is 1. The smallest absolute Gasteiger partial charge is 0.0545 e. The van der Waals surface area contributed by atoms with Crippen LogP contribution in [-0.2, 0) is 4.74 Å². The van der Waals surface area contributed by atoms with Crippen LogP contribution in [0.1, 0.15) is 26.2 Å². The minimum Gasteiger partial charge on any atom is -0.380 e. The van der Waals surface area contributed by atoms with Gasteiger partial charge in [0.15, 0.2) is 0 Å². The molecule has 0 aromatic carbocycles. The van der Waals surface area contributed by atoms with Gasteiger partial charge in [0, 0.05) is 31.1 Å². The fourth-order valence-electron chi connectivity index (χ4n) is 2.88. The first-order valence-electron chi connectivity index (χ1n) is 6.24. The Bertz CT molecular complexity index is 204. The van der Waals surface area contributed by atoms with Crippen LogP contribution in [0, 0.1) is 5.41 Å². The Morgan fingerprint density at radius 3 is 2.80 bits per heavy atom. The van der Waals surface area contributed by atoms with Crippen LogP contribution in [0.4, 0.5) is 0 Å². The summed E-state index contributed by atoms with van der Waals surface area (Å²) in [6, 6.07) is 0.717. The van der Waals surface area contributed by atoms with Crippen LogP contribution in [0.15, 0.2) is 0 Å². The van der Waals surface area contributed by atoms with Crippen LogP contribution in [0.3, 0.4) is 0 Å². The van der Waals surface area contributed by atoms with Gasteiger partial charge in [-0.05, 0) is 19.9 Å². The molecule has 1 unspecified atom stereocenters. The van der Waals surface area contributed by atoms with E-state index in [2.05, 4.69) is 24.2 Å². The normalized spacial score (nSPS) is 31.2. The van der Waals surface area contributed by atoms with Gasteiger partial charge < -0.3 is 15.0 Å². The Morgan fingerprint density at radius 2 is 2.27 bits per heavy atom. The number of ether oxygens (including phenoxy) is 1. The van der Waals surface area contributed by atoms with Crippen LogP contribution >= 0.6 is 0 Å². The quantitative estimate of drug-likeness (QED) is 0.755. The van der Waals surface area contributed by atoms with Gasteiger partial charge in [-0.3, -0.25) is 0 Å². The van der Waals surface area contributed by atoms with Gasteiger partial charge in [-0.15, -0.1) is 0 Å². The lowest BCUT2D eigenvalue weighted by Gasteiger charge is -2.46. The van der Waals surface area contributed by atoms with E-state index in [0.717, 1.165) is 26.3 Å². The topological polar surface area (TPSA) is 24.5 Å². The summed E-state index contributed by atoms with van der Waals surface area (Å²) < 4.78 is 5.43. The van der Waals surface area contributed by atoms with E-state index in [1.807, 2.05) is 0 Å². The second-order valence-electron chi connectivity index (χ2n) is 5.29. The minimum absolute atomic E-state index is 0.507. The van der Waals surface area contributed by atoms with Crippen molar-refractivity contribution in [3.8, 4) is 0 Å². The highest BCUT2D eigenvalue weighted by Gasteiger charge is 2.40. The molecule has 1 atom stereocenters. The van der Waals surface area contributed by atoms with E-state index in [4.69, 9.17) is 4.74 Å². The van der Waals surface area contributed by atoms with Gasteiger partial charge in [-0.2, -0.15) is 0 Å². The largest absolute Gasteiger partial charge is 0.380 e. The molecular weight excluding hydrogens is 188 g/mol. The van der Waals surface area contributed by atoms with Crippen molar-refractivity contribution in [3.05, 3.63) is 0 Å². The maximum Gasteiger partial charge on any atom is 0.0545 e. The molecule has 0 aromatic rings. The number of hydrogen-bond acceptors (Lipinski definition) is 3. The van der Waals surface area contributed by atoms with E-state index in [-0.39, 0.29) is 0 Å². The second kappa shape index (κ2) is 4.81. The predicted octanol–water partition coefficient (Wildman–Crippen LogP) is 1.10. The molecule has 3 nitrogen and oxygen atoms in total. The molecule has 0 spiro atoms. The highest BCUT2D eigenvalue weighted by atomic mass is 16.5. The molecule has 3 heteroatoms. The van der Waals surface area contributed by atoms with Gasteiger partial charge in [-0.1, -0.05) is 13.3 Å². The number of hydrogen-bond donors (Lipinski definition) is 1. The highest BCUT2D eigenvalue weighted by Crippen LogP contribution is 2.38. The fraction of sp³-hybridized carbons (Fsp3) is 1.00. The van der Waals surface area contributed by atoms with Gasteiger partial charge in [0.05, 0.1) is 13.2 Å². The lowest BCUT2D eigenvalue weighted by Crippen LogP contribution is -2.54. The zero-order valence-corrected chi connectivity index (χ0v) is 10.1. The molecule has 2 fully saturated rings. The molecule has 0 radical (unpaired) electrons. The van der Waals surface area contributed by atoms with E-state index in [1.54, 1.807) is 0 Å². The van der Waals surface area contributed by atoms with Crippen molar-refractivity contribution in [1.29, 1.82) is 0 Å².